The van der Waals surface area contributed by atoms with E-state index in [-0.39, 0.29) is 11.5 Å². The number of rotatable bonds is 4. The fourth-order valence-electron chi connectivity index (χ4n) is 3.87. The molecule has 0 spiro atoms. The summed E-state index contributed by atoms with van der Waals surface area (Å²) in [5, 5.41) is 0.681. The maximum Gasteiger partial charge on any atom is 0.416 e. The van der Waals surface area contributed by atoms with Crippen LogP contribution in [0, 0.1) is 0 Å². The molecule has 8 heteroatoms. The summed E-state index contributed by atoms with van der Waals surface area (Å²) in [4.78, 5) is 26.4. The minimum Gasteiger partial charge on any atom is -0.315 e. The Balaban J connectivity index is 0.000000241. The van der Waals surface area contributed by atoms with Gasteiger partial charge in [-0.25, -0.2) is 0 Å². The van der Waals surface area contributed by atoms with Crippen LogP contribution in [0.5, 0.6) is 0 Å². The standard InChI is InChI=1S/C18H16F3NO.C9H10ClNO/c1-12-10-11-22(16-5-3-2-4-15(12)16)17(23)13-6-8-14(9-7-13)18(19,20)21;1-2-11(7-12)9-5-3-8(10)4-6-9/h2-9,12H,10-11H2,1H3;3-7H,2H2,1H3. The van der Waals surface area contributed by atoms with Gasteiger partial charge in [0.25, 0.3) is 5.91 Å². The molecule has 0 aromatic heterocycles. The molecule has 1 unspecified atom stereocenters. The number of hydrogen-bond donors (Lipinski definition) is 0. The molecule has 1 atom stereocenters. The molecular weight excluding hydrogens is 477 g/mol. The van der Waals surface area contributed by atoms with Gasteiger partial charge in [-0.3, -0.25) is 9.59 Å². The van der Waals surface area contributed by atoms with Crippen LogP contribution in [0.15, 0.2) is 72.8 Å². The molecule has 0 bridgehead atoms. The van der Waals surface area contributed by atoms with E-state index in [4.69, 9.17) is 11.6 Å². The van der Waals surface area contributed by atoms with E-state index in [1.165, 1.54) is 12.1 Å². The number of alkyl halides is 3. The lowest BCUT2D eigenvalue weighted by Crippen LogP contribution is -2.36. The third kappa shape index (κ3) is 6.42. The predicted octanol–water partition coefficient (Wildman–Crippen LogP) is 7.18. The lowest BCUT2D eigenvalue weighted by molar-refractivity contribution is -0.137. The number of carbonyl (C=O) groups is 2. The highest BCUT2D eigenvalue weighted by Gasteiger charge is 2.31. The van der Waals surface area contributed by atoms with Crippen molar-refractivity contribution in [2.45, 2.75) is 32.4 Å². The molecule has 0 radical (unpaired) electrons. The van der Waals surface area contributed by atoms with Crippen molar-refractivity contribution in [1.29, 1.82) is 0 Å². The first-order chi connectivity index (χ1) is 16.7. The van der Waals surface area contributed by atoms with Crippen molar-refractivity contribution in [2.24, 2.45) is 0 Å². The molecule has 0 fully saturated rings. The molecule has 2 amide bonds. The Labute approximate surface area is 207 Å². The van der Waals surface area contributed by atoms with Gasteiger partial charge >= 0.3 is 6.18 Å². The molecule has 184 valence electrons. The van der Waals surface area contributed by atoms with Crippen LogP contribution in [0.4, 0.5) is 24.5 Å². The normalized spacial score (nSPS) is 14.9. The van der Waals surface area contributed by atoms with Crippen molar-refractivity contribution in [3.8, 4) is 0 Å². The topological polar surface area (TPSA) is 40.6 Å². The molecule has 35 heavy (non-hydrogen) atoms. The third-order valence-electron chi connectivity index (χ3n) is 5.87. The number of para-hydroxylation sites is 1. The Kier molecular flexibility index (Phi) is 8.57. The van der Waals surface area contributed by atoms with E-state index in [1.54, 1.807) is 21.9 Å². The van der Waals surface area contributed by atoms with E-state index in [9.17, 15) is 22.8 Å². The molecular formula is C27H26ClF3N2O2. The van der Waals surface area contributed by atoms with Crippen molar-refractivity contribution in [1.82, 2.24) is 0 Å². The maximum atomic E-state index is 12.7. The SMILES string of the molecule is CC1CCN(C(=O)c2ccc(C(F)(F)F)cc2)c2ccccc21.CCN(C=O)c1ccc(Cl)cc1. The molecule has 0 N–H and O–H groups in total. The van der Waals surface area contributed by atoms with Crippen LogP contribution in [0.2, 0.25) is 5.02 Å². The van der Waals surface area contributed by atoms with Crippen molar-refractivity contribution in [2.75, 3.05) is 22.9 Å². The number of carbonyl (C=O) groups excluding carboxylic acids is 2. The van der Waals surface area contributed by atoms with Gasteiger partial charge in [0.15, 0.2) is 0 Å². The number of halogens is 4. The molecule has 0 saturated heterocycles. The van der Waals surface area contributed by atoms with E-state index in [1.807, 2.05) is 43.3 Å². The summed E-state index contributed by atoms with van der Waals surface area (Å²) in [6, 6.07) is 19.2. The van der Waals surface area contributed by atoms with E-state index in [0.29, 0.717) is 24.0 Å². The fraction of sp³-hybridized carbons (Fsp3) is 0.259. The number of hydrogen-bond acceptors (Lipinski definition) is 2. The highest BCUT2D eigenvalue weighted by atomic mass is 35.5. The van der Waals surface area contributed by atoms with E-state index >= 15 is 0 Å². The number of fused-ring (bicyclic) bond motifs is 1. The van der Waals surface area contributed by atoms with Crippen LogP contribution in [0.3, 0.4) is 0 Å². The number of amides is 2. The van der Waals surface area contributed by atoms with Crippen LogP contribution in [-0.4, -0.2) is 25.4 Å². The fourth-order valence-corrected chi connectivity index (χ4v) is 3.99. The van der Waals surface area contributed by atoms with Crippen LogP contribution >= 0.6 is 11.6 Å². The monoisotopic (exact) mass is 502 g/mol. The Bertz CT molecular complexity index is 1150. The second-order valence-corrected chi connectivity index (χ2v) is 8.58. The molecule has 1 heterocycles. The van der Waals surface area contributed by atoms with E-state index in [0.717, 1.165) is 41.9 Å². The molecule has 0 aliphatic carbocycles. The minimum absolute atomic E-state index is 0.266. The molecule has 4 rings (SSSR count). The van der Waals surface area contributed by atoms with Gasteiger partial charge in [0.05, 0.1) is 5.56 Å². The van der Waals surface area contributed by atoms with Crippen LogP contribution < -0.4 is 9.80 Å². The summed E-state index contributed by atoms with van der Waals surface area (Å²) in [5.41, 5.74) is 2.33. The average Bonchev–Trinajstić information content (AvgIpc) is 2.86. The lowest BCUT2D eigenvalue weighted by Gasteiger charge is -2.33. The first kappa shape index (κ1) is 26.3. The number of nitrogens with zero attached hydrogens (tertiary/aromatic N) is 2. The van der Waals surface area contributed by atoms with Crippen molar-refractivity contribution < 1.29 is 22.8 Å². The highest BCUT2D eigenvalue weighted by molar-refractivity contribution is 6.30. The molecule has 1 aliphatic rings. The molecule has 1 aliphatic heterocycles. The summed E-state index contributed by atoms with van der Waals surface area (Å²) in [6.07, 6.45) is -2.75. The Morgan fingerprint density at radius 3 is 2.26 bits per heavy atom. The van der Waals surface area contributed by atoms with Gasteiger partial charge in [0.1, 0.15) is 0 Å². The van der Waals surface area contributed by atoms with Gasteiger partial charge in [-0.2, -0.15) is 13.2 Å². The third-order valence-corrected chi connectivity index (χ3v) is 6.13. The van der Waals surface area contributed by atoms with Gasteiger partial charge in [-0.05, 0) is 79.4 Å². The smallest absolute Gasteiger partial charge is 0.315 e. The van der Waals surface area contributed by atoms with Crippen LogP contribution in [0.25, 0.3) is 0 Å². The molecule has 3 aromatic carbocycles. The maximum absolute atomic E-state index is 12.7. The van der Waals surface area contributed by atoms with Crippen molar-refractivity contribution in [3.05, 3.63) is 94.5 Å². The molecule has 0 saturated carbocycles. The lowest BCUT2D eigenvalue weighted by atomic mass is 9.91. The quantitative estimate of drug-likeness (QED) is 0.354. The minimum atomic E-state index is -4.39. The largest absolute Gasteiger partial charge is 0.416 e. The zero-order valence-electron chi connectivity index (χ0n) is 19.4. The van der Waals surface area contributed by atoms with Crippen LogP contribution in [-0.2, 0) is 11.0 Å². The summed E-state index contributed by atoms with van der Waals surface area (Å²) in [5.74, 6) is 0.0981. The highest BCUT2D eigenvalue weighted by Crippen LogP contribution is 2.36. The predicted molar refractivity (Wildman–Crippen MR) is 133 cm³/mol. The number of anilines is 2. The van der Waals surface area contributed by atoms with Gasteiger partial charge in [-0.15, -0.1) is 0 Å². The second-order valence-electron chi connectivity index (χ2n) is 8.15. The molecule has 3 aromatic rings. The average molecular weight is 503 g/mol. The number of benzene rings is 3. The first-order valence-electron chi connectivity index (χ1n) is 11.2. The summed E-state index contributed by atoms with van der Waals surface area (Å²) in [6.45, 7) is 5.27. The summed E-state index contributed by atoms with van der Waals surface area (Å²) < 4.78 is 37.9. The Morgan fingerprint density at radius 2 is 1.69 bits per heavy atom. The van der Waals surface area contributed by atoms with Crippen molar-refractivity contribution in [3.63, 3.8) is 0 Å². The molecule has 4 nitrogen and oxygen atoms in total. The van der Waals surface area contributed by atoms with Gasteiger partial charge in [0.2, 0.25) is 6.41 Å². The summed E-state index contributed by atoms with van der Waals surface area (Å²) >= 11 is 5.70. The van der Waals surface area contributed by atoms with Crippen LogP contribution in [0.1, 0.15) is 47.7 Å². The zero-order chi connectivity index (χ0) is 25.6. The van der Waals surface area contributed by atoms with Gasteiger partial charge < -0.3 is 9.80 Å². The van der Waals surface area contributed by atoms with Crippen molar-refractivity contribution >= 4 is 35.3 Å². The Morgan fingerprint density at radius 1 is 1.06 bits per heavy atom. The first-order valence-corrected chi connectivity index (χ1v) is 11.6. The van der Waals surface area contributed by atoms with Gasteiger partial charge in [-0.1, -0.05) is 36.7 Å². The van der Waals surface area contributed by atoms with E-state index < -0.39 is 11.7 Å². The van der Waals surface area contributed by atoms with E-state index in [2.05, 4.69) is 6.92 Å². The summed E-state index contributed by atoms with van der Waals surface area (Å²) in [7, 11) is 0. The van der Waals surface area contributed by atoms with Gasteiger partial charge in [0, 0.05) is 35.1 Å². The zero-order valence-corrected chi connectivity index (χ0v) is 20.2. The Hall–Kier alpha value is -3.32. The second kappa shape index (κ2) is 11.4.